The number of nitrogens with one attached hydrogen (secondary N) is 2. The van der Waals surface area contributed by atoms with Crippen LogP contribution in [0.2, 0.25) is 0 Å². The third-order valence-corrected chi connectivity index (χ3v) is 4.93. The standard InChI is InChI=1S/C19H17N5O3S/c20-15-5-2-14(3-6-15)4-11-18(25)23-16-7-9-17(10-8-16)28(26,27)24-19-21-12-1-13-22-19/h1-13H,20H2,(H,23,25)(H,21,22,24)/b11-4+. The first kappa shape index (κ1) is 19.1. The monoisotopic (exact) mass is 395 g/mol. The SMILES string of the molecule is Nc1ccc(/C=C/C(=O)Nc2ccc(S(=O)(=O)Nc3ncccn3)cc2)cc1. The first-order valence-electron chi connectivity index (χ1n) is 8.17. The molecule has 28 heavy (non-hydrogen) atoms. The highest BCUT2D eigenvalue weighted by atomic mass is 32.2. The number of aromatic nitrogens is 2. The van der Waals surface area contributed by atoms with E-state index in [9.17, 15) is 13.2 Å². The number of rotatable bonds is 6. The van der Waals surface area contributed by atoms with Crippen molar-refractivity contribution in [3.8, 4) is 0 Å². The van der Waals surface area contributed by atoms with Crippen LogP contribution in [0.4, 0.5) is 17.3 Å². The smallest absolute Gasteiger partial charge is 0.264 e. The van der Waals surface area contributed by atoms with Gasteiger partial charge in [-0.3, -0.25) is 4.79 Å². The van der Waals surface area contributed by atoms with Gasteiger partial charge in [-0.15, -0.1) is 0 Å². The fraction of sp³-hybridized carbons (Fsp3) is 0. The van der Waals surface area contributed by atoms with Crippen molar-refractivity contribution in [3.05, 3.63) is 78.6 Å². The summed E-state index contributed by atoms with van der Waals surface area (Å²) >= 11 is 0. The van der Waals surface area contributed by atoms with Crippen molar-refractivity contribution in [1.29, 1.82) is 0 Å². The van der Waals surface area contributed by atoms with Crippen molar-refractivity contribution >= 4 is 39.3 Å². The van der Waals surface area contributed by atoms with Gasteiger partial charge >= 0.3 is 0 Å². The summed E-state index contributed by atoms with van der Waals surface area (Å²) in [5.74, 6) is -0.365. The molecule has 142 valence electrons. The van der Waals surface area contributed by atoms with Gasteiger partial charge in [-0.2, -0.15) is 0 Å². The molecule has 9 heteroatoms. The summed E-state index contributed by atoms with van der Waals surface area (Å²) in [4.78, 5) is 19.7. The van der Waals surface area contributed by atoms with Gasteiger partial charge in [0.25, 0.3) is 10.0 Å². The molecule has 8 nitrogen and oxygen atoms in total. The fourth-order valence-corrected chi connectivity index (χ4v) is 3.17. The number of hydrogen-bond donors (Lipinski definition) is 3. The number of anilines is 3. The molecule has 2 aromatic carbocycles. The third-order valence-electron chi connectivity index (χ3n) is 3.59. The van der Waals surface area contributed by atoms with Crippen molar-refractivity contribution in [1.82, 2.24) is 9.97 Å². The van der Waals surface area contributed by atoms with E-state index < -0.39 is 10.0 Å². The summed E-state index contributed by atoms with van der Waals surface area (Å²) in [6.07, 6.45) is 5.89. The van der Waals surface area contributed by atoms with Gasteiger partial charge in [0.1, 0.15) is 0 Å². The lowest BCUT2D eigenvalue weighted by Gasteiger charge is -2.07. The molecule has 3 rings (SSSR count). The highest BCUT2D eigenvalue weighted by Gasteiger charge is 2.15. The highest BCUT2D eigenvalue weighted by molar-refractivity contribution is 7.92. The van der Waals surface area contributed by atoms with Crippen LogP contribution in [0.5, 0.6) is 0 Å². The normalized spacial score (nSPS) is 11.3. The summed E-state index contributed by atoms with van der Waals surface area (Å²) in [5.41, 5.74) is 7.55. The van der Waals surface area contributed by atoms with Crippen molar-refractivity contribution in [2.24, 2.45) is 0 Å². The molecule has 0 spiro atoms. The number of carbonyl (C=O) groups excluding carboxylic acids is 1. The summed E-state index contributed by atoms with van der Waals surface area (Å²) in [7, 11) is -3.82. The average Bonchev–Trinajstić information content (AvgIpc) is 2.68. The number of amides is 1. The summed E-state index contributed by atoms with van der Waals surface area (Å²) in [5, 5.41) is 2.66. The second-order valence-electron chi connectivity index (χ2n) is 5.69. The zero-order valence-electron chi connectivity index (χ0n) is 14.6. The Balaban J connectivity index is 1.63. The van der Waals surface area contributed by atoms with Gasteiger partial charge in [0, 0.05) is 29.8 Å². The molecular weight excluding hydrogens is 378 g/mol. The van der Waals surface area contributed by atoms with E-state index in [4.69, 9.17) is 5.73 Å². The Morgan fingerprint density at radius 1 is 0.964 bits per heavy atom. The van der Waals surface area contributed by atoms with Crippen LogP contribution < -0.4 is 15.8 Å². The Bertz CT molecular complexity index is 1080. The van der Waals surface area contributed by atoms with Gasteiger partial charge in [-0.25, -0.2) is 23.1 Å². The van der Waals surface area contributed by atoms with Gasteiger partial charge in [-0.05, 0) is 54.1 Å². The van der Waals surface area contributed by atoms with E-state index in [0.717, 1.165) is 5.56 Å². The van der Waals surface area contributed by atoms with E-state index in [1.165, 1.54) is 42.7 Å². The van der Waals surface area contributed by atoms with Crippen LogP contribution in [0, 0.1) is 0 Å². The molecule has 1 amide bonds. The predicted octanol–water partition coefficient (Wildman–Crippen LogP) is 2.51. The topological polar surface area (TPSA) is 127 Å². The highest BCUT2D eigenvalue weighted by Crippen LogP contribution is 2.16. The Morgan fingerprint density at radius 3 is 2.25 bits per heavy atom. The Hall–Kier alpha value is -3.72. The molecule has 0 aliphatic carbocycles. The summed E-state index contributed by atoms with van der Waals surface area (Å²) < 4.78 is 26.9. The van der Waals surface area contributed by atoms with Crippen LogP contribution in [-0.2, 0) is 14.8 Å². The van der Waals surface area contributed by atoms with Crippen molar-refractivity contribution in [3.63, 3.8) is 0 Å². The third kappa shape index (κ3) is 5.15. The van der Waals surface area contributed by atoms with E-state index in [-0.39, 0.29) is 16.8 Å². The van der Waals surface area contributed by atoms with Crippen LogP contribution >= 0.6 is 0 Å². The van der Waals surface area contributed by atoms with E-state index in [1.807, 2.05) is 0 Å². The predicted molar refractivity (Wildman–Crippen MR) is 108 cm³/mol. The first-order valence-corrected chi connectivity index (χ1v) is 9.65. The van der Waals surface area contributed by atoms with E-state index in [2.05, 4.69) is 20.0 Å². The fourth-order valence-electron chi connectivity index (χ4n) is 2.21. The average molecular weight is 395 g/mol. The minimum atomic E-state index is -3.82. The molecule has 1 heterocycles. The number of benzene rings is 2. The minimum absolute atomic E-state index is 0.0207. The second-order valence-corrected chi connectivity index (χ2v) is 7.37. The van der Waals surface area contributed by atoms with E-state index in [0.29, 0.717) is 11.4 Å². The molecule has 0 radical (unpaired) electrons. The maximum absolute atomic E-state index is 12.3. The van der Waals surface area contributed by atoms with Gasteiger partial charge in [0.15, 0.2) is 0 Å². The van der Waals surface area contributed by atoms with Crippen LogP contribution in [0.15, 0.2) is 78.0 Å². The van der Waals surface area contributed by atoms with Crippen LogP contribution in [0.25, 0.3) is 6.08 Å². The molecule has 1 aromatic heterocycles. The molecule has 0 saturated heterocycles. The van der Waals surface area contributed by atoms with Crippen molar-refractivity contribution in [2.75, 3.05) is 15.8 Å². The summed E-state index contributed by atoms with van der Waals surface area (Å²) in [6, 6.07) is 14.4. The van der Waals surface area contributed by atoms with Gasteiger partial charge in [-0.1, -0.05) is 12.1 Å². The molecule has 3 aromatic rings. The molecule has 0 aliphatic heterocycles. The van der Waals surface area contributed by atoms with Gasteiger partial charge in [0.2, 0.25) is 11.9 Å². The maximum Gasteiger partial charge on any atom is 0.264 e. The van der Waals surface area contributed by atoms with Gasteiger partial charge < -0.3 is 11.1 Å². The Morgan fingerprint density at radius 2 is 1.61 bits per heavy atom. The molecular formula is C19H17N5O3S. The molecule has 0 fully saturated rings. The van der Waals surface area contributed by atoms with E-state index >= 15 is 0 Å². The minimum Gasteiger partial charge on any atom is -0.399 e. The number of nitrogen functional groups attached to an aromatic ring is 1. The number of sulfonamides is 1. The molecule has 0 atom stereocenters. The first-order chi connectivity index (χ1) is 13.4. The molecule has 0 bridgehead atoms. The molecule has 0 saturated carbocycles. The lowest BCUT2D eigenvalue weighted by molar-refractivity contribution is -0.111. The largest absolute Gasteiger partial charge is 0.399 e. The van der Waals surface area contributed by atoms with Crippen molar-refractivity contribution in [2.45, 2.75) is 4.90 Å². The maximum atomic E-state index is 12.3. The van der Waals surface area contributed by atoms with Crippen LogP contribution in [-0.4, -0.2) is 24.3 Å². The molecule has 0 unspecified atom stereocenters. The van der Waals surface area contributed by atoms with Crippen LogP contribution in [0.3, 0.4) is 0 Å². The lowest BCUT2D eigenvalue weighted by Crippen LogP contribution is -2.15. The number of nitrogens with two attached hydrogens (primary N) is 1. The Labute approximate surface area is 162 Å². The number of hydrogen-bond acceptors (Lipinski definition) is 6. The lowest BCUT2D eigenvalue weighted by atomic mass is 10.2. The number of nitrogens with zero attached hydrogens (tertiary/aromatic N) is 2. The molecule has 4 N–H and O–H groups in total. The van der Waals surface area contributed by atoms with E-state index in [1.54, 1.807) is 36.4 Å². The molecule has 0 aliphatic rings. The summed E-state index contributed by atoms with van der Waals surface area (Å²) in [6.45, 7) is 0. The number of carbonyl (C=O) groups is 1. The van der Waals surface area contributed by atoms with Crippen LogP contribution in [0.1, 0.15) is 5.56 Å². The zero-order valence-corrected chi connectivity index (χ0v) is 15.4. The van der Waals surface area contributed by atoms with Gasteiger partial charge in [0.05, 0.1) is 4.90 Å². The zero-order chi connectivity index (χ0) is 20.0. The quantitative estimate of drug-likeness (QED) is 0.435. The Kier molecular flexibility index (Phi) is 5.66. The van der Waals surface area contributed by atoms with Crippen molar-refractivity contribution < 1.29 is 13.2 Å². The second kappa shape index (κ2) is 8.31.